The van der Waals surface area contributed by atoms with Crippen molar-refractivity contribution in [1.82, 2.24) is 14.8 Å². The van der Waals surface area contributed by atoms with Gasteiger partial charge < -0.3 is 5.32 Å². The molecule has 0 radical (unpaired) electrons. The van der Waals surface area contributed by atoms with Crippen molar-refractivity contribution in [2.45, 2.75) is 22.7 Å². The minimum absolute atomic E-state index is 0.0875. The number of nitrogens with zero attached hydrogens (tertiary/aromatic N) is 3. The second kappa shape index (κ2) is 10.8. The van der Waals surface area contributed by atoms with Crippen LogP contribution in [0.25, 0.3) is 5.69 Å². The number of nitrogens with one attached hydrogen (secondary N) is 1. The standard InChI is InChI=1S/C24H21BrN4OS2/c1-17-7-13-21(14-8-17)31-15-22-27-28-24(29(22)20-5-3-2-4-6-20)32-16-23(30)26-19-11-9-18(25)10-12-19/h2-14H,15-16H2,1H3,(H,26,30). The number of aryl methyl sites for hydroxylation is 1. The molecule has 0 unspecified atom stereocenters. The van der Waals surface area contributed by atoms with Gasteiger partial charge in [0.1, 0.15) is 5.82 Å². The lowest BCUT2D eigenvalue weighted by atomic mass is 10.2. The first-order valence-electron chi connectivity index (χ1n) is 9.96. The van der Waals surface area contributed by atoms with Gasteiger partial charge >= 0.3 is 0 Å². The average Bonchev–Trinajstić information content (AvgIpc) is 3.22. The molecule has 1 aromatic heterocycles. The van der Waals surface area contributed by atoms with E-state index in [1.165, 1.54) is 22.2 Å². The Morgan fingerprint density at radius 1 is 0.938 bits per heavy atom. The van der Waals surface area contributed by atoms with Crippen LogP contribution in [0.1, 0.15) is 11.4 Å². The molecule has 0 atom stereocenters. The Labute approximate surface area is 204 Å². The fraction of sp³-hybridized carbons (Fsp3) is 0.125. The molecule has 1 heterocycles. The Kier molecular flexibility index (Phi) is 7.68. The fourth-order valence-corrected chi connectivity index (χ4v) is 4.81. The van der Waals surface area contributed by atoms with E-state index in [1.807, 2.05) is 59.2 Å². The zero-order chi connectivity index (χ0) is 22.3. The van der Waals surface area contributed by atoms with Crippen LogP contribution in [0.15, 0.2) is 93.4 Å². The molecule has 0 aliphatic carbocycles. The molecule has 1 amide bonds. The van der Waals surface area contributed by atoms with Gasteiger partial charge in [0, 0.05) is 20.7 Å². The highest BCUT2D eigenvalue weighted by atomic mass is 79.9. The Morgan fingerprint density at radius 3 is 2.38 bits per heavy atom. The van der Waals surface area contributed by atoms with E-state index in [0.29, 0.717) is 10.9 Å². The summed E-state index contributed by atoms with van der Waals surface area (Å²) in [7, 11) is 0. The zero-order valence-electron chi connectivity index (χ0n) is 17.4. The third-order valence-electron chi connectivity index (χ3n) is 4.56. The van der Waals surface area contributed by atoms with Crippen LogP contribution in [0.3, 0.4) is 0 Å². The summed E-state index contributed by atoms with van der Waals surface area (Å²) in [5, 5.41) is 12.4. The normalized spacial score (nSPS) is 10.8. The van der Waals surface area contributed by atoms with Gasteiger partial charge in [0.2, 0.25) is 5.91 Å². The number of halogens is 1. The molecular weight excluding hydrogens is 504 g/mol. The van der Waals surface area contributed by atoms with E-state index in [-0.39, 0.29) is 11.7 Å². The highest BCUT2D eigenvalue weighted by Gasteiger charge is 2.16. The van der Waals surface area contributed by atoms with Gasteiger partial charge in [0.25, 0.3) is 0 Å². The summed E-state index contributed by atoms with van der Waals surface area (Å²) in [5.41, 5.74) is 2.98. The van der Waals surface area contributed by atoms with Crippen molar-refractivity contribution in [3.63, 3.8) is 0 Å². The second-order valence-corrected chi connectivity index (χ2v) is 9.92. The summed E-state index contributed by atoms with van der Waals surface area (Å²) in [6.07, 6.45) is 0. The van der Waals surface area contributed by atoms with Crippen molar-refractivity contribution in [2.75, 3.05) is 11.1 Å². The van der Waals surface area contributed by atoms with Crippen LogP contribution < -0.4 is 5.32 Å². The lowest BCUT2D eigenvalue weighted by Crippen LogP contribution is -2.14. The van der Waals surface area contributed by atoms with Crippen LogP contribution in [0.4, 0.5) is 5.69 Å². The molecule has 4 aromatic rings. The number of carbonyl (C=O) groups excluding carboxylic acids is 1. The highest BCUT2D eigenvalue weighted by molar-refractivity contribution is 9.10. The molecule has 3 aromatic carbocycles. The smallest absolute Gasteiger partial charge is 0.234 e. The maximum absolute atomic E-state index is 12.5. The largest absolute Gasteiger partial charge is 0.325 e. The number of carbonyl (C=O) groups is 1. The molecule has 8 heteroatoms. The van der Waals surface area contributed by atoms with Gasteiger partial charge in [0.05, 0.1) is 11.5 Å². The molecule has 32 heavy (non-hydrogen) atoms. The molecule has 0 saturated carbocycles. The molecule has 5 nitrogen and oxygen atoms in total. The van der Waals surface area contributed by atoms with Gasteiger partial charge in [-0.25, -0.2) is 0 Å². The molecular formula is C24H21BrN4OS2. The predicted octanol–water partition coefficient (Wildman–Crippen LogP) is 6.36. The minimum atomic E-state index is -0.0875. The Balaban J connectivity index is 1.48. The van der Waals surface area contributed by atoms with Gasteiger partial charge in [-0.05, 0) is 55.5 Å². The minimum Gasteiger partial charge on any atom is -0.325 e. The van der Waals surface area contributed by atoms with E-state index in [9.17, 15) is 4.79 Å². The number of anilines is 1. The number of rotatable bonds is 8. The van der Waals surface area contributed by atoms with Crippen LogP contribution in [0.5, 0.6) is 0 Å². The topological polar surface area (TPSA) is 59.8 Å². The SMILES string of the molecule is Cc1ccc(SCc2nnc(SCC(=O)Nc3ccc(Br)cc3)n2-c2ccccc2)cc1. The first kappa shape index (κ1) is 22.6. The molecule has 0 saturated heterocycles. The number of hydrogen-bond donors (Lipinski definition) is 1. The molecule has 0 aliphatic heterocycles. The quantitative estimate of drug-likeness (QED) is 0.271. The van der Waals surface area contributed by atoms with Crippen molar-refractivity contribution >= 4 is 51.0 Å². The average molecular weight is 525 g/mol. The lowest BCUT2D eigenvalue weighted by Gasteiger charge is -2.10. The van der Waals surface area contributed by atoms with Crippen molar-refractivity contribution in [3.8, 4) is 5.69 Å². The van der Waals surface area contributed by atoms with E-state index in [2.05, 4.69) is 62.6 Å². The monoisotopic (exact) mass is 524 g/mol. The van der Waals surface area contributed by atoms with Crippen molar-refractivity contribution < 1.29 is 4.79 Å². The van der Waals surface area contributed by atoms with Gasteiger partial charge in [-0.3, -0.25) is 9.36 Å². The summed E-state index contributed by atoms with van der Waals surface area (Å²) >= 11 is 6.49. The Hall–Kier alpha value is -2.55. The van der Waals surface area contributed by atoms with Crippen LogP contribution in [-0.2, 0) is 10.5 Å². The summed E-state index contributed by atoms with van der Waals surface area (Å²) in [5.74, 6) is 1.68. The molecule has 4 rings (SSSR count). The van der Waals surface area contributed by atoms with Crippen LogP contribution in [-0.4, -0.2) is 26.4 Å². The summed E-state index contributed by atoms with van der Waals surface area (Å²) in [6, 6.07) is 26.0. The molecule has 162 valence electrons. The number of amides is 1. The van der Waals surface area contributed by atoms with E-state index in [1.54, 1.807) is 11.8 Å². The summed E-state index contributed by atoms with van der Waals surface area (Å²) in [6.45, 7) is 2.08. The van der Waals surface area contributed by atoms with Crippen LogP contribution in [0.2, 0.25) is 0 Å². The van der Waals surface area contributed by atoms with Crippen molar-refractivity contribution in [1.29, 1.82) is 0 Å². The predicted molar refractivity (Wildman–Crippen MR) is 136 cm³/mol. The third kappa shape index (κ3) is 6.03. The van der Waals surface area contributed by atoms with Gasteiger partial charge in [-0.2, -0.15) is 0 Å². The number of thioether (sulfide) groups is 2. The van der Waals surface area contributed by atoms with Gasteiger partial charge in [-0.15, -0.1) is 22.0 Å². The molecule has 0 spiro atoms. The van der Waals surface area contributed by atoms with Gasteiger partial charge in [0.15, 0.2) is 5.16 Å². The maximum atomic E-state index is 12.5. The molecule has 0 fully saturated rings. The number of hydrogen-bond acceptors (Lipinski definition) is 5. The lowest BCUT2D eigenvalue weighted by molar-refractivity contribution is -0.113. The Morgan fingerprint density at radius 2 is 1.66 bits per heavy atom. The first-order valence-corrected chi connectivity index (χ1v) is 12.7. The molecule has 0 bridgehead atoms. The number of para-hydroxylation sites is 1. The van der Waals surface area contributed by atoms with E-state index < -0.39 is 0 Å². The van der Waals surface area contributed by atoms with Crippen molar-refractivity contribution in [2.24, 2.45) is 0 Å². The first-order chi connectivity index (χ1) is 15.6. The molecule has 1 N–H and O–H groups in total. The van der Waals surface area contributed by atoms with E-state index >= 15 is 0 Å². The Bertz CT molecular complexity index is 1180. The second-order valence-electron chi connectivity index (χ2n) is 7.02. The number of aromatic nitrogens is 3. The van der Waals surface area contributed by atoms with E-state index in [4.69, 9.17) is 0 Å². The fourth-order valence-electron chi connectivity index (χ4n) is 2.97. The highest BCUT2D eigenvalue weighted by Crippen LogP contribution is 2.27. The zero-order valence-corrected chi connectivity index (χ0v) is 20.6. The molecule has 0 aliphatic rings. The van der Waals surface area contributed by atoms with Crippen LogP contribution in [0, 0.1) is 6.92 Å². The summed E-state index contributed by atoms with van der Waals surface area (Å²) in [4.78, 5) is 13.6. The third-order valence-corrected chi connectivity index (χ3v) is 7.03. The number of benzene rings is 3. The van der Waals surface area contributed by atoms with Gasteiger partial charge in [-0.1, -0.05) is 63.6 Å². The van der Waals surface area contributed by atoms with E-state index in [0.717, 1.165) is 21.7 Å². The summed E-state index contributed by atoms with van der Waals surface area (Å²) < 4.78 is 3.00. The maximum Gasteiger partial charge on any atom is 0.234 e. The van der Waals surface area contributed by atoms with Crippen LogP contribution >= 0.6 is 39.5 Å². The van der Waals surface area contributed by atoms with Crippen molar-refractivity contribution in [3.05, 3.63) is 94.7 Å².